The summed E-state index contributed by atoms with van der Waals surface area (Å²) in [6, 6.07) is 3.94. The zero-order chi connectivity index (χ0) is 19.1. The first-order chi connectivity index (χ1) is 12.4. The smallest absolute Gasteiger partial charge is 0.251 e. The Labute approximate surface area is 157 Å². The SMILES string of the molecule is C=c1cc(C)c(C(=O)NCCOCC2CC2)c/c1=C/N(C)CC(C)CC. The lowest BCUT2D eigenvalue weighted by atomic mass is 10.1. The Morgan fingerprint density at radius 1 is 1.46 bits per heavy atom. The molecule has 4 nitrogen and oxygen atoms in total. The number of carbonyl (C=O) groups is 1. The maximum absolute atomic E-state index is 12.5. The van der Waals surface area contributed by atoms with Crippen molar-refractivity contribution < 1.29 is 9.53 Å². The molecule has 0 aromatic heterocycles. The van der Waals surface area contributed by atoms with Crippen LogP contribution in [0.3, 0.4) is 0 Å². The third-order valence-electron chi connectivity index (χ3n) is 4.97. The van der Waals surface area contributed by atoms with Gasteiger partial charge in [-0.25, -0.2) is 0 Å². The van der Waals surface area contributed by atoms with Crippen molar-refractivity contribution in [2.75, 3.05) is 33.4 Å². The topological polar surface area (TPSA) is 41.6 Å². The van der Waals surface area contributed by atoms with E-state index in [1.165, 1.54) is 12.8 Å². The van der Waals surface area contributed by atoms with Gasteiger partial charge in [0.2, 0.25) is 0 Å². The molecule has 1 amide bonds. The normalized spacial score (nSPS) is 15.8. The Balaban J connectivity index is 2.00. The van der Waals surface area contributed by atoms with Gasteiger partial charge in [0.25, 0.3) is 5.91 Å². The van der Waals surface area contributed by atoms with Gasteiger partial charge in [0.15, 0.2) is 0 Å². The van der Waals surface area contributed by atoms with Crippen LogP contribution in [0.4, 0.5) is 0 Å². The van der Waals surface area contributed by atoms with E-state index in [4.69, 9.17) is 4.74 Å². The molecule has 1 aliphatic carbocycles. The molecule has 0 radical (unpaired) electrons. The number of carbonyl (C=O) groups excluding carboxylic acids is 1. The number of hydrogen-bond donors (Lipinski definition) is 1. The summed E-state index contributed by atoms with van der Waals surface area (Å²) in [4.78, 5) is 14.7. The van der Waals surface area contributed by atoms with Gasteiger partial charge in [-0.3, -0.25) is 4.79 Å². The van der Waals surface area contributed by atoms with Gasteiger partial charge in [-0.05, 0) is 53.7 Å². The van der Waals surface area contributed by atoms with Gasteiger partial charge >= 0.3 is 0 Å². The van der Waals surface area contributed by atoms with E-state index in [2.05, 4.69) is 43.9 Å². The number of amides is 1. The summed E-state index contributed by atoms with van der Waals surface area (Å²) >= 11 is 0. The molecule has 1 saturated carbocycles. The second-order valence-corrected chi connectivity index (χ2v) is 7.72. The molecule has 1 atom stereocenters. The second-order valence-electron chi connectivity index (χ2n) is 7.72. The van der Waals surface area contributed by atoms with Crippen molar-refractivity contribution >= 4 is 18.7 Å². The molecule has 1 aliphatic rings. The third-order valence-corrected chi connectivity index (χ3v) is 4.97. The number of nitrogens with one attached hydrogen (secondary N) is 1. The van der Waals surface area contributed by atoms with Crippen molar-refractivity contribution in [1.82, 2.24) is 10.2 Å². The summed E-state index contributed by atoms with van der Waals surface area (Å²) in [7, 11) is 2.07. The summed E-state index contributed by atoms with van der Waals surface area (Å²) in [6.07, 6.45) is 5.81. The maximum Gasteiger partial charge on any atom is 0.251 e. The van der Waals surface area contributed by atoms with Crippen LogP contribution in [-0.4, -0.2) is 44.2 Å². The lowest BCUT2D eigenvalue weighted by Gasteiger charge is -2.18. The summed E-state index contributed by atoms with van der Waals surface area (Å²) < 4.78 is 5.58. The molecule has 144 valence electrons. The van der Waals surface area contributed by atoms with E-state index in [0.29, 0.717) is 24.6 Å². The van der Waals surface area contributed by atoms with Gasteiger partial charge in [-0.1, -0.05) is 32.9 Å². The van der Waals surface area contributed by atoms with Crippen LogP contribution >= 0.6 is 0 Å². The van der Waals surface area contributed by atoms with Gasteiger partial charge in [0, 0.05) is 38.5 Å². The predicted octanol–water partition coefficient (Wildman–Crippen LogP) is 2.28. The molecule has 1 aromatic carbocycles. The zero-order valence-electron chi connectivity index (χ0n) is 16.8. The average molecular weight is 359 g/mol. The van der Waals surface area contributed by atoms with Crippen LogP contribution in [0.25, 0.3) is 12.8 Å². The van der Waals surface area contributed by atoms with Gasteiger partial charge in [0.05, 0.1) is 6.61 Å². The molecule has 1 unspecified atom stereocenters. The quantitative estimate of drug-likeness (QED) is 0.653. The molecule has 2 rings (SSSR count). The Bertz CT molecular complexity index is 710. The van der Waals surface area contributed by atoms with Crippen LogP contribution in [-0.2, 0) is 4.74 Å². The molecule has 1 aromatic rings. The number of hydrogen-bond acceptors (Lipinski definition) is 3. The van der Waals surface area contributed by atoms with Crippen molar-refractivity contribution in [3.8, 4) is 0 Å². The Hall–Kier alpha value is -1.81. The first kappa shape index (κ1) is 20.5. The number of benzene rings is 1. The minimum absolute atomic E-state index is 0.0447. The van der Waals surface area contributed by atoms with E-state index >= 15 is 0 Å². The van der Waals surface area contributed by atoms with E-state index < -0.39 is 0 Å². The molecule has 4 heteroatoms. The van der Waals surface area contributed by atoms with Crippen LogP contribution in [0.15, 0.2) is 12.1 Å². The Kier molecular flexibility index (Phi) is 7.70. The summed E-state index contributed by atoms with van der Waals surface area (Å²) in [5, 5.41) is 4.91. The van der Waals surface area contributed by atoms with E-state index in [1.807, 2.05) is 19.1 Å². The second kappa shape index (κ2) is 9.77. The first-order valence-electron chi connectivity index (χ1n) is 9.78. The van der Waals surface area contributed by atoms with Crippen molar-refractivity contribution in [2.24, 2.45) is 11.8 Å². The van der Waals surface area contributed by atoms with E-state index in [-0.39, 0.29) is 5.91 Å². The van der Waals surface area contributed by atoms with Crippen molar-refractivity contribution in [3.63, 3.8) is 0 Å². The van der Waals surface area contributed by atoms with E-state index in [9.17, 15) is 4.79 Å². The molecule has 0 aliphatic heterocycles. The summed E-state index contributed by atoms with van der Waals surface area (Å²) in [5.41, 5.74) is 1.66. The van der Waals surface area contributed by atoms with E-state index in [1.54, 1.807) is 0 Å². The largest absolute Gasteiger partial charge is 0.380 e. The Morgan fingerprint density at radius 2 is 2.19 bits per heavy atom. The molecule has 1 N–H and O–H groups in total. The third kappa shape index (κ3) is 6.49. The maximum atomic E-state index is 12.5. The first-order valence-corrected chi connectivity index (χ1v) is 9.78. The van der Waals surface area contributed by atoms with Crippen molar-refractivity contribution in [1.29, 1.82) is 0 Å². The number of rotatable bonds is 10. The molecule has 0 spiro atoms. The molecule has 0 saturated heterocycles. The standard InChI is InChI=1S/C22H34N2O2/c1-6-16(2)13-24(5)14-20-12-21(18(4)11-17(20)3)22(25)23-9-10-26-15-19-7-8-19/h11-12,14,16,19H,3,6-10,13,15H2,1-2,4-5H3,(H,23,25)/b20-14-. The predicted molar refractivity (Wildman–Crippen MR) is 108 cm³/mol. The molecule has 0 bridgehead atoms. The monoisotopic (exact) mass is 358 g/mol. The minimum atomic E-state index is -0.0447. The molecule has 1 fully saturated rings. The minimum Gasteiger partial charge on any atom is -0.380 e. The molecule has 0 heterocycles. The van der Waals surface area contributed by atoms with Gasteiger partial charge in [-0.15, -0.1) is 0 Å². The van der Waals surface area contributed by atoms with Crippen molar-refractivity contribution in [3.05, 3.63) is 33.7 Å². The van der Waals surface area contributed by atoms with Crippen LogP contribution in [0, 0.1) is 18.8 Å². The van der Waals surface area contributed by atoms with Crippen molar-refractivity contribution in [2.45, 2.75) is 40.0 Å². The summed E-state index contributed by atoms with van der Waals surface area (Å²) in [5.74, 6) is 1.34. The van der Waals surface area contributed by atoms with Crippen LogP contribution in [0.5, 0.6) is 0 Å². The van der Waals surface area contributed by atoms with Crippen LogP contribution in [0.2, 0.25) is 0 Å². The van der Waals surface area contributed by atoms with Crippen LogP contribution in [0.1, 0.15) is 49.0 Å². The number of ether oxygens (including phenoxy) is 1. The fraction of sp³-hybridized carbons (Fsp3) is 0.591. The Morgan fingerprint density at radius 3 is 2.85 bits per heavy atom. The number of aryl methyl sites for hydroxylation is 1. The lowest BCUT2D eigenvalue weighted by molar-refractivity contribution is 0.0906. The number of nitrogens with zero attached hydrogens (tertiary/aromatic N) is 1. The van der Waals surface area contributed by atoms with Gasteiger partial charge in [0.1, 0.15) is 0 Å². The average Bonchev–Trinajstić information content (AvgIpc) is 3.40. The highest BCUT2D eigenvalue weighted by molar-refractivity contribution is 5.95. The van der Waals surface area contributed by atoms with Crippen LogP contribution < -0.4 is 15.8 Å². The highest BCUT2D eigenvalue weighted by Crippen LogP contribution is 2.28. The zero-order valence-corrected chi connectivity index (χ0v) is 16.8. The summed E-state index contributed by atoms with van der Waals surface area (Å²) in [6.45, 7) is 13.5. The fourth-order valence-corrected chi connectivity index (χ4v) is 2.93. The molecule has 26 heavy (non-hydrogen) atoms. The van der Waals surface area contributed by atoms with Gasteiger partial charge in [-0.2, -0.15) is 0 Å². The molecular weight excluding hydrogens is 324 g/mol. The fourth-order valence-electron chi connectivity index (χ4n) is 2.93. The van der Waals surface area contributed by atoms with E-state index in [0.717, 1.165) is 41.5 Å². The lowest BCUT2D eigenvalue weighted by Crippen LogP contribution is -2.33. The van der Waals surface area contributed by atoms with Gasteiger partial charge < -0.3 is 15.0 Å². The highest BCUT2D eigenvalue weighted by atomic mass is 16.5. The highest BCUT2D eigenvalue weighted by Gasteiger charge is 2.20. The molecular formula is C22H34N2O2.